The fourth-order valence-electron chi connectivity index (χ4n) is 2.02. The third kappa shape index (κ3) is 4.63. The van der Waals surface area contributed by atoms with Gasteiger partial charge in [-0.25, -0.2) is 0 Å². The number of anilines is 1. The van der Waals surface area contributed by atoms with Crippen LogP contribution < -0.4 is 5.32 Å². The van der Waals surface area contributed by atoms with E-state index in [1.54, 1.807) is 13.8 Å². The highest BCUT2D eigenvalue weighted by molar-refractivity contribution is 6.33. The van der Waals surface area contributed by atoms with E-state index in [0.717, 1.165) is 0 Å². The molecule has 0 fully saturated rings. The lowest BCUT2D eigenvalue weighted by atomic mass is 10.1. The third-order valence-electron chi connectivity index (χ3n) is 2.81. The number of hydrogen-bond acceptors (Lipinski definition) is 5. The highest BCUT2D eigenvalue weighted by Gasteiger charge is 2.22. The molecule has 1 rings (SSSR count). The first-order chi connectivity index (χ1) is 9.12. The van der Waals surface area contributed by atoms with E-state index in [4.69, 9.17) is 11.6 Å². The van der Waals surface area contributed by atoms with Crippen LogP contribution in [-0.4, -0.2) is 47.7 Å². The fraction of sp³-hybridized carbons (Fsp3) is 0.538. The Morgan fingerprint density at radius 2 is 2.10 bits per heavy atom. The fourth-order valence-corrected chi connectivity index (χ4v) is 2.25. The van der Waals surface area contributed by atoms with Gasteiger partial charge in [0.05, 0.1) is 10.5 Å². The van der Waals surface area contributed by atoms with Crippen molar-refractivity contribution in [2.45, 2.75) is 19.4 Å². The van der Waals surface area contributed by atoms with Crippen LogP contribution in [0.3, 0.4) is 0 Å². The minimum absolute atomic E-state index is 0.0790. The number of nitrogens with one attached hydrogen (secondary N) is 1. The topological polar surface area (TPSA) is 78.6 Å². The average Bonchev–Trinajstić information content (AvgIpc) is 2.27. The van der Waals surface area contributed by atoms with Crippen molar-refractivity contribution >= 4 is 23.0 Å². The van der Waals surface area contributed by atoms with Crippen molar-refractivity contribution in [1.82, 2.24) is 4.90 Å². The molecule has 0 spiro atoms. The number of rotatable bonds is 6. The van der Waals surface area contributed by atoms with Crippen LogP contribution in [0.5, 0.6) is 0 Å². The minimum Gasteiger partial charge on any atom is -0.387 e. The Bertz CT molecular complexity index is 504. The molecule has 0 saturated carbocycles. The monoisotopic (exact) mass is 301 g/mol. The highest BCUT2D eigenvalue weighted by Crippen LogP contribution is 2.30. The molecule has 20 heavy (non-hydrogen) atoms. The largest absolute Gasteiger partial charge is 0.387 e. The maximum Gasteiger partial charge on any atom is 0.288 e. The van der Waals surface area contributed by atoms with Gasteiger partial charge in [0.2, 0.25) is 0 Å². The van der Waals surface area contributed by atoms with E-state index in [2.05, 4.69) is 5.32 Å². The molecule has 0 aliphatic heterocycles. The second kappa shape index (κ2) is 6.39. The van der Waals surface area contributed by atoms with Crippen LogP contribution in [0.2, 0.25) is 5.02 Å². The van der Waals surface area contributed by atoms with Gasteiger partial charge >= 0.3 is 0 Å². The van der Waals surface area contributed by atoms with E-state index < -0.39 is 10.5 Å². The van der Waals surface area contributed by atoms with Crippen LogP contribution in [0.15, 0.2) is 12.1 Å². The molecule has 1 aromatic carbocycles. The van der Waals surface area contributed by atoms with E-state index >= 15 is 0 Å². The number of nitro benzene ring substituents is 1. The summed E-state index contributed by atoms with van der Waals surface area (Å²) in [6.45, 7) is 4.30. The number of likely N-dealkylation sites (N-methyl/N-ethyl adjacent to an activating group) is 1. The quantitative estimate of drug-likeness (QED) is 0.622. The summed E-state index contributed by atoms with van der Waals surface area (Å²) in [7, 11) is 3.75. The first kappa shape index (κ1) is 16.7. The summed E-state index contributed by atoms with van der Waals surface area (Å²) in [5, 5.41) is 24.1. The SMILES string of the molecule is Cc1cc([N+](=O)[O-])c(Cl)cc1NCC(C)(O)CN(C)C. The highest BCUT2D eigenvalue weighted by atomic mass is 35.5. The van der Waals surface area contributed by atoms with Gasteiger partial charge in [-0.2, -0.15) is 0 Å². The minimum atomic E-state index is -0.913. The van der Waals surface area contributed by atoms with Crippen molar-refractivity contribution in [1.29, 1.82) is 0 Å². The van der Waals surface area contributed by atoms with Crippen molar-refractivity contribution in [2.24, 2.45) is 0 Å². The molecule has 1 atom stereocenters. The summed E-state index contributed by atoms with van der Waals surface area (Å²) >= 11 is 5.88. The number of benzene rings is 1. The number of nitro groups is 1. The molecule has 1 aromatic rings. The maximum absolute atomic E-state index is 10.8. The Balaban J connectivity index is 2.84. The zero-order valence-corrected chi connectivity index (χ0v) is 12.9. The predicted octanol–water partition coefficient (Wildman–Crippen LogP) is 2.28. The number of halogens is 1. The van der Waals surface area contributed by atoms with Crippen LogP contribution in [-0.2, 0) is 0 Å². The molecular formula is C13H20ClN3O3. The van der Waals surface area contributed by atoms with Crippen molar-refractivity contribution in [3.05, 3.63) is 32.8 Å². The predicted molar refractivity (Wildman–Crippen MR) is 80.5 cm³/mol. The van der Waals surface area contributed by atoms with Gasteiger partial charge < -0.3 is 15.3 Å². The molecule has 0 aromatic heterocycles. The maximum atomic E-state index is 10.8. The molecule has 6 nitrogen and oxygen atoms in total. The van der Waals surface area contributed by atoms with Gasteiger partial charge in [0.15, 0.2) is 0 Å². The Labute approximate surface area is 123 Å². The number of aryl methyl sites for hydroxylation is 1. The molecule has 1 unspecified atom stereocenters. The van der Waals surface area contributed by atoms with E-state index in [1.165, 1.54) is 12.1 Å². The first-order valence-corrected chi connectivity index (χ1v) is 6.56. The summed E-state index contributed by atoms with van der Waals surface area (Å²) in [6, 6.07) is 2.94. The molecule has 0 bridgehead atoms. The summed E-state index contributed by atoms with van der Waals surface area (Å²) in [5.41, 5.74) is 0.362. The van der Waals surface area contributed by atoms with Crippen LogP contribution in [0, 0.1) is 17.0 Å². The second-order valence-electron chi connectivity index (χ2n) is 5.46. The molecule has 2 N–H and O–H groups in total. The lowest BCUT2D eigenvalue weighted by Gasteiger charge is -2.27. The van der Waals surface area contributed by atoms with Crippen LogP contribution >= 0.6 is 11.6 Å². The molecule has 0 heterocycles. The summed E-state index contributed by atoms with van der Waals surface area (Å²) in [6.07, 6.45) is 0. The van der Waals surface area contributed by atoms with Gasteiger partial charge in [0.25, 0.3) is 5.69 Å². The molecule has 0 saturated heterocycles. The van der Waals surface area contributed by atoms with Gasteiger partial charge in [-0.1, -0.05) is 11.6 Å². The van der Waals surface area contributed by atoms with E-state index in [0.29, 0.717) is 24.3 Å². The summed E-state index contributed by atoms with van der Waals surface area (Å²) in [4.78, 5) is 12.2. The van der Waals surface area contributed by atoms with Gasteiger partial charge in [0, 0.05) is 24.8 Å². The van der Waals surface area contributed by atoms with Crippen molar-refractivity contribution in [2.75, 3.05) is 32.5 Å². The molecule has 0 amide bonds. The Morgan fingerprint density at radius 1 is 1.50 bits per heavy atom. The second-order valence-corrected chi connectivity index (χ2v) is 5.87. The van der Waals surface area contributed by atoms with Gasteiger partial charge in [-0.3, -0.25) is 10.1 Å². The van der Waals surface area contributed by atoms with E-state index in [9.17, 15) is 15.2 Å². The Morgan fingerprint density at radius 3 is 2.60 bits per heavy atom. The zero-order valence-electron chi connectivity index (χ0n) is 12.1. The average molecular weight is 302 g/mol. The van der Waals surface area contributed by atoms with Gasteiger partial charge in [-0.05, 0) is 39.6 Å². The van der Waals surface area contributed by atoms with Crippen molar-refractivity contribution in [3.63, 3.8) is 0 Å². The summed E-state index contributed by atoms with van der Waals surface area (Å²) < 4.78 is 0. The van der Waals surface area contributed by atoms with Gasteiger partial charge in [0.1, 0.15) is 5.02 Å². The Kier molecular flexibility index (Phi) is 5.33. The smallest absolute Gasteiger partial charge is 0.288 e. The lowest BCUT2D eigenvalue weighted by Crippen LogP contribution is -2.43. The van der Waals surface area contributed by atoms with Crippen LogP contribution in [0.25, 0.3) is 0 Å². The zero-order chi connectivity index (χ0) is 15.5. The number of hydrogen-bond donors (Lipinski definition) is 2. The van der Waals surface area contributed by atoms with Gasteiger partial charge in [-0.15, -0.1) is 0 Å². The molecular weight excluding hydrogens is 282 g/mol. The number of nitrogens with zero attached hydrogens (tertiary/aromatic N) is 2. The number of aliphatic hydroxyl groups is 1. The molecule has 0 aliphatic rings. The van der Waals surface area contributed by atoms with E-state index in [1.807, 2.05) is 19.0 Å². The first-order valence-electron chi connectivity index (χ1n) is 6.18. The van der Waals surface area contributed by atoms with Crippen LogP contribution in [0.4, 0.5) is 11.4 Å². The molecule has 7 heteroatoms. The molecule has 0 radical (unpaired) electrons. The normalized spacial score (nSPS) is 14.2. The molecule has 0 aliphatic carbocycles. The third-order valence-corrected chi connectivity index (χ3v) is 3.11. The van der Waals surface area contributed by atoms with Crippen molar-refractivity contribution in [3.8, 4) is 0 Å². The molecule has 112 valence electrons. The Hall–Kier alpha value is -1.37. The summed E-state index contributed by atoms with van der Waals surface area (Å²) in [5.74, 6) is 0. The standard InChI is InChI=1S/C13H20ClN3O3/c1-9-5-12(17(19)20)10(14)6-11(9)15-7-13(2,18)8-16(3)4/h5-6,15,18H,7-8H2,1-4H3. The van der Waals surface area contributed by atoms with E-state index in [-0.39, 0.29) is 10.7 Å². The lowest BCUT2D eigenvalue weighted by molar-refractivity contribution is -0.384. The van der Waals surface area contributed by atoms with Crippen LogP contribution in [0.1, 0.15) is 12.5 Å². The van der Waals surface area contributed by atoms with Crippen molar-refractivity contribution < 1.29 is 10.0 Å².